The fourth-order valence-corrected chi connectivity index (χ4v) is 4.37. The average molecular weight is 462 g/mol. The molecule has 34 heavy (non-hydrogen) atoms. The fourth-order valence-electron chi connectivity index (χ4n) is 4.37. The largest absolute Gasteiger partial charge is 0.353 e. The van der Waals surface area contributed by atoms with Crippen molar-refractivity contribution in [3.8, 4) is 0 Å². The number of nitro groups is 1. The van der Waals surface area contributed by atoms with E-state index in [-0.39, 0.29) is 24.0 Å². The van der Waals surface area contributed by atoms with Crippen molar-refractivity contribution in [3.05, 3.63) is 93.3 Å². The molecule has 0 saturated heterocycles. The maximum Gasteiger partial charge on any atom is 0.313 e. The van der Waals surface area contributed by atoms with E-state index in [1.807, 2.05) is 42.1 Å². The molecule has 2 heterocycles. The maximum absolute atomic E-state index is 12.6. The number of aryl methyl sites for hydroxylation is 2. The van der Waals surface area contributed by atoms with Crippen LogP contribution in [0.4, 0.5) is 11.4 Å². The van der Waals surface area contributed by atoms with Gasteiger partial charge in [0.1, 0.15) is 5.69 Å². The Bertz CT molecular complexity index is 1240. The van der Waals surface area contributed by atoms with Gasteiger partial charge in [-0.2, -0.15) is 0 Å². The van der Waals surface area contributed by atoms with Crippen LogP contribution in [-0.2, 0) is 29.6 Å². The molecule has 0 saturated carbocycles. The number of amides is 2. The van der Waals surface area contributed by atoms with Crippen LogP contribution in [0.3, 0.4) is 0 Å². The Labute approximate surface area is 197 Å². The number of hydrogen-bond acceptors (Lipinski definition) is 5. The Hall–Kier alpha value is -3.98. The quantitative estimate of drug-likeness (QED) is 0.333. The highest BCUT2D eigenvalue weighted by molar-refractivity contribution is 6.39. The van der Waals surface area contributed by atoms with Crippen molar-refractivity contribution in [1.82, 2.24) is 14.8 Å². The zero-order chi connectivity index (χ0) is 24.2. The molecule has 2 amide bonds. The van der Waals surface area contributed by atoms with Gasteiger partial charge in [-0.25, -0.2) is 0 Å². The summed E-state index contributed by atoms with van der Waals surface area (Å²) in [6.07, 6.45) is 2.86. The Balaban J connectivity index is 1.47. The molecule has 1 atom stereocenters. The Morgan fingerprint density at radius 3 is 2.56 bits per heavy atom. The standard InChI is InChI=1S/C25H27N5O4/c1-17-9-10-20(22(14-17)30(33)34)27-25(32)24(31)26-15-23(21-8-5-12-28(21)2)29-13-11-18-6-3-4-7-19(18)16-29/h3-10,12,14,23H,11,13,15-16H2,1-2H3,(H,26,31)(H,27,32). The van der Waals surface area contributed by atoms with Gasteiger partial charge >= 0.3 is 11.8 Å². The molecule has 0 bridgehead atoms. The van der Waals surface area contributed by atoms with E-state index in [1.165, 1.54) is 23.3 Å². The highest BCUT2D eigenvalue weighted by Gasteiger charge is 2.28. The fraction of sp³-hybridized carbons (Fsp3) is 0.280. The van der Waals surface area contributed by atoms with Crippen molar-refractivity contribution in [2.75, 3.05) is 18.4 Å². The predicted octanol–water partition coefficient (Wildman–Crippen LogP) is 3.10. The minimum absolute atomic E-state index is 0.0117. The van der Waals surface area contributed by atoms with Crippen molar-refractivity contribution in [2.45, 2.75) is 25.9 Å². The number of rotatable bonds is 6. The van der Waals surface area contributed by atoms with Gasteiger partial charge in [-0.15, -0.1) is 0 Å². The molecule has 1 aliphatic heterocycles. The molecule has 9 heteroatoms. The summed E-state index contributed by atoms with van der Waals surface area (Å²) in [6, 6.07) is 16.6. The van der Waals surface area contributed by atoms with Crippen LogP contribution in [0.5, 0.6) is 0 Å². The van der Waals surface area contributed by atoms with E-state index in [4.69, 9.17) is 0 Å². The summed E-state index contributed by atoms with van der Waals surface area (Å²) < 4.78 is 2.01. The summed E-state index contributed by atoms with van der Waals surface area (Å²) in [5.74, 6) is -1.78. The third-order valence-electron chi connectivity index (χ3n) is 6.19. The van der Waals surface area contributed by atoms with Crippen LogP contribution in [0.25, 0.3) is 0 Å². The van der Waals surface area contributed by atoms with Crippen molar-refractivity contribution in [1.29, 1.82) is 0 Å². The molecule has 1 unspecified atom stereocenters. The molecule has 2 N–H and O–H groups in total. The molecule has 2 aromatic carbocycles. The Kier molecular flexibility index (Phi) is 6.74. The van der Waals surface area contributed by atoms with Gasteiger partial charge in [-0.05, 0) is 48.2 Å². The molecule has 9 nitrogen and oxygen atoms in total. The van der Waals surface area contributed by atoms with E-state index in [0.29, 0.717) is 5.56 Å². The molecular weight excluding hydrogens is 434 g/mol. The number of carbonyl (C=O) groups is 2. The van der Waals surface area contributed by atoms with Crippen LogP contribution in [-0.4, -0.2) is 39.3 Å². The number of aromatic nitrogens is 1. The van der Waals surface area contributed by atoms with Gasteiger partial charge in [0, 0.05) is 44.6 Å². The number of nitrogens with one attached hydrogen (secondary N) is 2. The topological polar surface area (TPSA) is 110 Å². The van der Waals surface area contributed by atoms with E-state index < -0.39 is 16.7 Å². The van der Waals surface area contributed by atoms with Crippen molar-refractivity contribution >= 4 is 23.2 Å². The van der Waals surface area contributed by atoms with Gasteiger partial charge in [0.05, 0.1) is 11.0 Å². The lowest BCUT2D eigenvalue weighted by atomic mass is 9.98. The molecular formula is C25H27N5O4. The number of benzene rings is 2. The first-order valence-electron chi connectivity index (χ1n) is 11.1. The summed E-state index contributed by atoms with van der Waals surface area (Å²) in [4.78, 5) is 38.2. The van der Waals surface area contributed by atoms with Crippen molar-refractivity contribution in [2.24, 2.45) is 7.05 Å². The predicted molar refractivity (Wildman–Crippen MR) is 128 cm³/mol. The maximum atomic E-state index is 12.6. The normalized spacial score (nSPS) is 14.2. The SMILES string of the molecule is Cc1ccc(NC(=O)C(=O)NCC(c2cccn2C)N2CCc3ccccc3C2)c([N+](=O)[O-])c1. The van der Waals surface area contributed by atoms with E-state index in [0.717, 1.165) is 25.2 Å². The van der Waals surface area contributed by atoms with Crippen molar-refractivity contribution < 1.29 is 14.5 Å². The van der Waals surface area contributed by atoms with Gasteiger partial charge in [0.25, 0.3) is 5.69 Å². The van der Waals surface area contributed by atoms with Crippen molar-refractivity contribution in [3.63, 3.8) is 0 Å². The van der Waals surface area contributed by atoms with Crippen LogP contribution in [0.15, 0.2) is 60.8 Å². The van der Waals surface area contributed by atoms with E-state index >= 15 is 0 Å². The number of carbonyl (C=O) groups excluding carboxylic acids is 2. The van der Waals surface area contributed by atoms with E-state index in [1.54, 1.807) is 13.0 Å². The van der Waals surface area contributed by atoms with Gasteiger partial charge in [-0.3, -0.25) is 24.6 Å². The summed E-state index contributed by atoms with van der Waals surface area (Å²) in [6.45, 7) is 3.50. The minimum Gasteiger partial charge on any atom is -0.353 e. The summed E-state index contributed by atoms with van der Waals surface area (Å²) in [5, 5.41) is 16.4. The first-order valence-corrected chi connectivity index (χ1v) is 11.1. The molecule has 176 valence electrons. The average Bonchev–Trinajstić information content (AvgIpc) is 3.25. The molecule has 0 spiro atoms. The monoisotopic (exact) mass is 461 g/mol. The summed E-state index contributed by atoms with van der Waals surface area (Å²) >= 11 is 0. The second-order valence-corrected chi connectivity index (χ2v) is 8.49. The number of nitrogens with zero attached hydrogens (tertiary/aromatic N) is 3. The van der Waals surface area contributed by atoms with Gasteiger partial charge in [0.2, 0.25) is 0 Å². The second kappa shape index (κ2) is 9.88. The van der Waals surface area contributed by atoms with Gasteiger partial charge in [-0.1, -0.05) is 30.3 Å². The number of hydrogen-bond donors (Lipinski definition) is 2. The van der Waals surface area contributed by atoms with Gasteiger partial charge in [0.15, 0.2) is 0 Å². The molecule has 1 aromatic heterocycles. The third kappa shape index (κ3) is 4.99. The lowest BCUT2D eigenvalue weighted by Gasteiger charge is -2.36. The summed E-state index contributed by atoms with van der Waals surface area (Å²) in [5.41, 5.74) is 4.02. The van der Waals surface area contributed by atoms with Crippen LogP contribution >= 0.6 is 0 Å². The first-order chi connectivity index (χ1) is 16.3. The van der Waals surface area contributed by atoms with Crippen LogP contribution in [0.2, 0.25) is 0 Å². The third-order valence-corrected chi connectivity index (χ3v) is 6.19. The molecule has 1 aliphatic rings. The smallest absolute Gasteiger partial charge is 0.313 e. The minimum atomic E-state index is -0.943. The molecule has 0 fully saturated rings. The second-order valence-electron chi connectivity index (χ2n) is 8.49. The Morgan fingerprint density at radius 1 is 1.09 bits per heavy atom. The van der Waals surface area contributed by atoms with E-state index in [2.05, 4.69) is 27.7 Å². The lowest BCUT2D eigenvalue weighted by Crippen LogP contribution is -2.44. The molecule has 0 aliphatic carbocycles. The molecule has 0 radical (unpaired) electrons. The van der Waals surface area contributed by atoms with Gasteiger partial charge < -0.3 is 15.2 Å². The summed E-state index contributed by atoms with van der Waals surface area (Å²) in [7, 11) is 1.95. The number of nitro benzene ring substituents is 1. The highest BCUT2D eigenvalue weighted by atomic mass is 16.6. The van der Waals surface area contributed by atoms with E-state index in [9.17, 15) is 19.7 Å². The number of anilines is 1. The zero-order valence-corrected chi connectivity index (χ0v) is 19.2. The first kappa shape index (κ1) is 23.2. The zero-order valence-electron chi connectivity index (χ0n) is 19.2. The van der Waals surface area contributed by atoms with Crippen LogP contribution < -0.4 is 10.6 Å². The number of fused-ring (bicyclic) bond motifs is 1. The Morgan fingerprint density at radius 2 is 1.85 bits per heavy atom. The lowest BCUT2D eigenvalue weighted by molar-refractivity contribution is -0.384. The molecule has 3 aromatic rings. The molecule has 4 rings (SSSR count). The highest BCUT2D eigenvalue weighted by Crippen LogP contribution is 2.28. The van der Waals surface area contributed by atoms with Crippen LogP contribution in [0, 0.1) is 17.0 Å². The van der Waals surface area contributed by atoms with Crippen LogP contribution in [0.1, 0.15) is 28.4 Å².